The highest BCUT2D eigenvalue weighted by molar-refractivity contribution is 7.13. The lowest BCUT2D eigenvalue weighted by molar-refractivity contribution is -0.144. The maximum atomic E-state index is 14.4. The van der Waals surface area contributed by atoms with Gasteiger partial charge in [-0.1, -0.05) is 45.0 Å². The molecule has 1 saturated heterocycles. The molecule has 3 aromatic rings. The molecule has 0 saturated carbocycles. The molecule has 0 unspecified atom stereocenters. The summed E-state index contributed by atoms with van der Waals surface area (Å²) in [7, 11) is 0. The summed E-state index contributed by atoms with van der Waals surface area (Å²) >= 11 is 1.56. The number of ether oxygens (including phenoxy) is 2. The van der Waals surface area contributed by atoms with Gasteiger partial charge in [-0.15, -0.1) is 11.3 Å². The molecule has 0 bridgehead atoms. The number of aryl methyl sites for hydroxylation is 2. The molecule has 2 heterocycles. The highest BCUT2D eigenvalue weighted by atomic mass is 32.1. The number of thiazole rings is 1. The zero-order valence-electron chi connectivity index (χ0n) is 31.7. The monoisotopic (exact) mass is 753 g/mol. The summed E-state index contributed by atoms with van der Waals surface area (Å²) in [6, 6.07) is 9.70. The van der Waals surface area contributed by atoms with Gasteiger partial charge in [-0.05, 0) is 75.3 Å². The molecule has 14 heteroatoms. The minimum absolute atomic E-state index is 0.0456. The number of aromatic nitrogens is 1. The van der Waals surface area contributed by atoms with Crippen molar-refractivity contribution in [2.45, 2.75) is 104 Å². The summed E-state index contributed by atoms with van der Waals surface area (Å²) in [6.07, 6.45) is -1.31. The van der Waals surface area contributed by atoms with Gasteiger partial charge in [0.2, 0.25) is 17.7 Å². The van der Waals surface area contributed by atoms with Crippen LogP contribution in [0.1, 0.15) is 84.2 Å². The summed E-state index contributed by atoms with van der Waals surface area (Å²) in [5.74, 6) is -1.61. The number of hydrogen-bond acceptors (Lipinski definition) is 9. The van der Waals surface area contributed by atoms with E-state index < -0.39 is 58.8 Å². The Bertz CT molecular complexity index is 1750. The molecule has 0 aliphatic carbocycles. The number of aliphatic hydroxyl groups is 1. The van der Waals surface area contributed by atoms with Crippen LogP contribution in [0.4, 0.5) is 9.18 Å². The van der Waals surface area contributed by atoms with Gasteiger partial charge in [0.15, 0.2) is 0 Å². The zero-order valence-corrected chi connectivity index (χ0v) is 32.6. The molecule has 2 aromatic carbocycles. The van der Waals surface area contributed by atoms with Crippen molar-refractivity contribution in [1.82, 2.24) is 25.8 Å². The van der Waals surface area contributed by atoms with E-state index in [4.69, 9.17) is 9.47 Å². The molecule has 1 aliphatic rings. The number of alkyl carbamates (subject to hydrolysis) is 1. The van der Waals surface area contributed by atoms with Crippen molar-refractivity contribution in [3.8, 4) is 16.2 Å². The van der Waals surface area contributed by atoms with Crippen molar-refractivity contribution in [3.05, 3.63) is 70.6 Å². The van der Waals surface area contributed by atoms with Gasteiger partial charge in [0.25, 0.3) is 0 Å². The molecule has 53 heavy (non-hydrogen) atoms. The fourth-order valence-electron chi connectivity index (χ4n) is 5.99. The highest BCUT2D eigenvalue weighted by Crippen LogP contribution is 2.30. The van der Waals surface area contributed by atoms with Crippen LogP contribution in [0, 0.1) is 18.2 Å². The third-order valence-electron chi connectivity index (χ3n) is 8.67. The minimum atomic E-state index is -1.00. The van der Waals surface area contributed by atoms with Crippen LogP contribution in [0.15, 0.2) is 48.0 Å². The first-order valence-electron chi connectivity index (χ1n) is 17.8. The Balaban J connectivity index is 1.34. The van der Waals surface area contributed by atoms with E-state index >= 15 is 0 Å². The van der Waals surface area contributed by atoms with E-state index in [1.54, 1.807) is 43.7 Å². The molecule has 288 valence electrons. The van der Waals surface area contributed by atoms with Gasteiger partial charge in [-0.3, -0.25) is 14.4 Å². The number of halogens is 1. The van der Waals surface area contributed by atoms with Crippen molar-refractivity contribution in [1.29, 1.82) is 0 Å². The molecular weight excluding hydrogens is 702 g/mol. The minimum Gasteiger partial charge on any atom is -0.492 e. The van der Waals surface area contributed by atoms with Crippen molar-refractivity contribution in [2.24, 2.45) is 5.41 Å². The number of likely N-dealkylation sites (tertiary alicyclic amines) is 1. The first-order chi connectivity index (χ1) is 24.8. The fraction of sp³-hybridized carbons (Fsp3) is 0.513. The third kappa shape index (κ3) is 12.0. The van der Waals surface area contributed by atoms with Gasteiger partial charge < -0.3 is 35.4 Å². The lowest BCUT2D eigenvalue weighted by atomic mass is 9.85. The van der Waals surface area contributed by atoms with E-state index in [1.165, 1.54) is 17.0 Å². The molecule has 4 amide bonds. The fourth-order valence-corrected chi connectivity index (χ4v) is 6.80. The van der Waals surface area contributed by atoms with Crippen LogP contribution in [-0.2, 0) is 25.5 Å². The summed E-state index contributed by atoms with van der Waals surface area (Å²) < 4.78 is 25.2. The van der Waals surface area contributed by atoms with Crippen LogP contribution >= 0.6 is 11.3 Å². The first-order valence-corrected chi connectivity index (χ1v) is 18.7. The zero-order chi connectivity index (χ0) is 39.1. The third-order valence-corrected chi connectivity index (χ3v) is 9.65. The summed E-state index contributed by atoms with van der Waals surface area (Å²) in [4.78, 5) is 59.4. The predicted molar refractivity (Wildman–Crippen MR) is 201 cm³/mol. The first kappa shape index (κ1) is 41.2. The molecule has 4 atom stereocenters. The van der Waals surface area contributed by atoms with Crippen LogP contribution in [0.2, 0.25) is 0 Å². The molecule has 1 fully saturated rings. The van der Waals surface area contributed by atoms with Gasteiger partial charge in [-0.25, -0.2) is 14.2 Å². The predicted octanol–water partition coefficient (Wildman–Crippen LogP) is 5.46. The quantitative estimate of drug-likeness (QED) is 0.168. The second-order valence-corrected chi connectivity index (χ2v) is 16.3. The van der Waals surface area contributed by atoms with E-state index in [0.29, 0.717) is 5.56 Å². The number of rotatable bonds is 13. The smallest absolute Gasteiger partial charge is 0.407 e. The Morgan fingerprint density at radius 2 is 1.75 bits per heavy atom. The van der Waals surface area contributed by atoms with E-state index in [1.807, 2.05) is 58.9 Å². The second-order valence-electron chi connectivity index (χ2n) is 15.5. The van der Waals surface area contributed by atoms with Crippen molar-refractivity contribution in [3.63, 3.8) is 0 Å². The molecule has 0 radical (unpaired) electrons. The number of amides is 4. The normalized spacial score (nSPS) is 17.1. The van der Waals surface area contributed by atoms with Gasteiger partial charge in [-0.2, -0.15) is 0 Å². The Labute approximate surface area is 314 Å². The number of β-amino-alcohol motifs (C(OH)–C–C–N with tert-alkyl or cyclic N) is 1. The average molecular weight is 754 g/mol. The number of aliphatic hydroxyl groups excluding tert-OH is 1. The Morgan fingerprint density at radius 3 is 2.38 bits per heavy atom. The molecular formula is C39H52FN5O7S. The van der Waals surface area contributed by atoms with Crippen molar-refractivity contribution < 1.29 is 38.1 Å². The molecule has 4 N–H and O–H groups in total. The average Bonchev–Trinajstić information content (AvgIpc) is 3.68. The molecule has 0 spiro atoms. The summed E-state index contributed by atoms with van der Waals surface area (Å²) in [5.41, 5.74) is 3.81. The van der Waals surface area contributed by atoms with E-state index in [0.717, 1.165) is 21.7 Å². The number of benzene rings is 2. The van der Waals surface area contributed by atoms with Crippen LogP contribution in [-0.4, -0.2) is 82.3 Å². The van der Waals surface area contributed by atoms with Crippen LogP contribution in [0.3, 0.4) is 0 Å². The number of hydrogen-bond donors (Lipinski definition) is 4. The Hall–Kier alpha value is -4.56. The van der Waals surface area contributed by atoms with E-state index in [-0.39, 0.29) is 50.8 Å². The van der Waals surface area contributed by atoms with Crippen LogP contribution < -0.4 is 20.7 Å². The topological polar surface area (TPSA) is 159 Å². The second kappa shape index (κ2) is 17.5. The Morgan fingerprint density at radius 1 is 1.06 bits per heavy atom. The van der Waals surface area contributed by atoms with E-state index in [2.05, 4.69) is 20.9 Å². The highest BCUT2D eigenvalue weighted by Gasteiger charge is 2.44. The number of nitrogens with one attached hydrogen (secondary N) is 3. The lowest BCUT2D eigenvalue weighted by Crippen LogP contribution is -2.57. The van der Waals surface area contributed by atoms with Crippen molar-refractivity contribution >= 4 is 35.2 Å². The van der Waals surface area contributed by atoms with Gasteiger partial charge in [0.1, 0.15) is 35.9 Å². The van der Waals surface area contributed by atoms with Crippen molar-refractivity contribution in [2.75, 3.05) is 19.7 Å². The number of carbonyl (C=O) groups excluding carboxylic acids is 4. The van der Waals surface area contributed by atoms with Crippen LogP contribution in [0.5, 0.6) is 5.75 Å². The van der Waals surface area contributed by atoms with Gasteiger partial charge in [0, 0.05) is 25.5 Å². The van der Waals surface area contributed by atoms with Gasteiger partial charge >= 0.3 is 6.09 Å². The maximum absolute atomic E-state index is 14.4. The largest absolute Gasteiger partial charge is 0.492 e. The molecule has 4 rings (SSSR count). The summed E-state index contributed by atoms with van der Waals surface area (Å²) in [5, 5.41) is 19.0. The Kier molecular flexibility index (Phi) is 13.6. The summed E-state index contributed by atoms with van der Waals surface area (Å²) in [6.45, 7) is 14.7. The standard InChI is InChI=1S/C39H52FN5O7S/c1-23(26-10-12-27(13-11-26)33-24(2)42-22-53-33)43-35(48)31-20-29(46)21-45(31)36(49)34(38(3,4)5)44-32(47)14-9-25-17-28(40)19-30(18-25)51-16-15-41-37(50)52-39(6,7)8/h10-13,17-19,22-23,29,31,34,46H,9,14-16,20-21H2,1-8H3,(H,41,50)(H,43,48)(H,44,47)/t23-,29+,31-,34+/m0/s1. The molecule has 1 aliphatic heterocycles. The lowest BCUT2D eigenvalue weighted by Gasteiger charge is -2.35. The SMILES string of the molecule is Cc1ncsc1-c1ccc([C@H](C)NC(=O)[C@@H]2C[C@@H](O)CN2C(=O)[C@@H](NC(=O)CCc2cc(F)cc(OCCNC(=O)OC(C)(C)C)c2)C(C)(C)C)cc1. The number of carbonyl (C=O) groups is 4. The molecule has 1 aromatic heterocycles. The van der Waals surface area contributed by atoms with Gasteiger partial charge in [0.05, 0.1) is 34.8 Å². The van der Waals surface area contributed by atoms with E-state index in [9.17, 15) is 28.7 Å². The van der Waals surface area contributed by atoms with Crippen LogP contribution in [0.25, 0.3) is 10.4 Å². The maximum Gasteiger partial charge on any atom is 0.407 e. The number of nitrogens with zero attached hydrogens (tertiary/aromatic N) is 2. The molecule has 12 nitrogen and oxygen atoms in total.